The zero-order valence-corrected chi connectivity index (χ0v) is 33.0. The molecule has 4 heterocycles. The second-order valence-electron chi connectivity index (χ2n) is 17.1. The molecule has 11 atom stereocenters. The van der Waals surface area contributed by atoms with E-state index in [0.29, 0.717) is 22.3 Å². The third kappa shape index (κ3) is 7.41. The van der Waals surface area contributed by atoms with Gasteiger partial charge in [-0.1, -0.05) is 56.5 Å². The number of hydrogen-bond acceptors (Lipinski definition) is 11. The molecule has 1 aromatic rings. The molecular formula is C41H61ClN4O7. The van der Waals surface area contributed by atoms with Crippen LogP contribution in [0.25, 0.3) is 0 Å². The number of nitrogens with zero attached hydrogens (tertiary/aromatic N) is 3. The summed E-state index contributed by atoms with van der Waals surface area (Å²) in [5, 5.41) is 30.0. The third-order valence-corrected chi connectivity index (χ3v) is 14.0. The van der Waals surface area contributed by atoms with Gasteiger partial charge in [0, 0.05) is 44.5 Å². The van der Waals surface area contributed by atoms with Gasteiger partial charge >= 0.3 is 11.9 Å². The van der Waals surface area contributed by atoms with Gasteiger partial charge in [-0.05, 0) is 107 Å². The third-order valence-electron chi connectivity index (χ3n) is 13.7. The number of likely N-dealkylation sites (tertiary alicyclic amines) is 2. The van der Waals surface area contributed by atoms with E-state index in [0.717, 1.165) is 31.5 Å². The number of anilines is 1. The highest BCUT2D eigenvalue weighted by atomic mass is 35.5. The van der Waals surface area contributed by atoms with E-state index < -0.39 is 47.6 Å². The highest BCUT2D eigenvalue weighted by Crippen LogP contribution is 2.53. The molecule has 11 nitrogen and oxygen atoms in total. The van der Waals surface area contributed by atoms with E-state index >= 15 is 0 Å². The lowest BCUT2D eigenvalue weighted by atomic mass is 9.55. The van der Waals surface area contributed by atoms with Gasteiger partial charge in [-0.25, -0.2) is 0 Å². The molecule has 53 heavy (non-hydrogen) atoms. The van der Waals surface area contributed by atoms with E-state index in [9.17, 15) is 19.8 Å². The smallest absolute Gasteiger partial charge is 0.323 e. The van der Waals surface area contributed by atoms with E-state index in [1.165, 1.54) is 76.6 Å². The summed E-state index contributed by atoms with van der Waals surface area (Å²) in [7, 11) is 1.71. The summed E-state index contributed by atoms with van der Waals surface area (Å²) < 4.78 is 12.3. The van der Waals surface area contributed by atoms with Crippen LogP contribution >= 0.6 is 11.6 Å². The van der Waals surface area contributed by atoms with Gasteiger partial charge in [0.1, 0.15) is 17.2 Å². The van der Waals surface area contributed by atoms with Crippen molar-refractivity contribution < 1.29 is 34.1 Å². The van der Waals surface area contributed by atoms with Gasteiger partial charge in [0.2, 0.25) is 0 Å². The maximum absolute atomic E-state index is 14.2. The SMILES string of the molecule is CC(=O)O[C@@H]1C(C)=C[C@@H]2[C@H](C(C)CN3CCCCC3CCN3CCCCC3)CC[C@@H](C)[C@]2(O)[C@H]1OC(=O)[C@@H]1C[C@@]2(O)c3cccc(Cl)c3N(C)O[C@H]2N1. The summed E-state index contributed by atoms with van der Waals surface area (Å²) in [5.74, 6) is -1.23. The number of halogens is 1. The molecule has 294 valence electrons. The molecule has 0 bridgehead atoms. The molecule has 3 saturated heterocycles. The Balaban J connectivity index is 1.11. The molecule has 1 saturated carbocycles. The second kappa shape index (κ2) is 15.7. The summed E-state index contributed by atoms with van der Waals surface area (Å²) in [6.07, 6.45) is 9.71. The molecule has 0 aromatic heterocycles. The zero-order chi connectivity index (χ0) is 37.7. The average molecular weight is 757 g/mol. The van der Waals surface area contributed by atoms with Crippen LogP contribution in [0, 0.1) is 23.7 Å². The lowest BCUT2D eigenvalue weighted by Crippen LogP contribution is -2.66. The fraction of sp³-hybridized carbons (Fsp3) is 0.756. The minimum Gasteiger partial charge on any atom is -0.454 e. The van der Waals surface area contributed by atoms with Gasteiger partial charge < -0.3 is 29.5 Å². The van der Waals surface area contributed by atoms with Crippen LogP contribution in [0.15, 0.2) is 29.8 Å². The van der Waals surface area contributed by atoms with Crippen molar-refractivity contribution in [2.45, 2.75) is 134 Å². The van der Waals surface area contributed by atoms with Crippen molar-refractivity contribution in [2.24, 2.45) is 23.7 Å². The Morgan fingerprint density at radius 1 is 1.08 bits per heavy atom. The average Bonchev–Trinajstić information content (AvgIpc) is 3.48. The van der Waals surface area contributed by atoms with Gasteiger partial charge in [0.15, 0.2) is 18.4 Å². The molecule has 1 aromatic carbocycles. The van der Waals surface area contributed by atoms with Crippen LogP contribution in [-0.2, 0) is 29.5 Å². The number of esters is 2. The van der Waals surface area contributed by atoms with Crippen LogP contribution < -0.4 is 10.4 Å². The van der Waals surface area contributed by atoms with E-state index in [-0.39, 0.29) is 30.1 Å². The van der Waals surface area contributed by atoms with Crippen molar-refractivity contribution in [2.75, 3.05) is 44.8 Å². The molecular weight excluding hydrogens is 696 g/mol. The van der Waals surface area contributed by atoms with Crippen LogP contribution in [-0.4, -0.2) is 108 Å². The molecule has 4 fully saturated rings. The Hall–Kier alpha value is -2.25. The summed E-state index contributed by atoms with van der Waals surface area (Å²) >= 11 is 6.50. The number of carbonyl (C=O) groups excluding carboxylic acids is 2. The summed E-state index contributed by atoms with van der Waals surface area (Å²) in [4.78, 5) is 38.1. The standard InChI is InChI=1S/C41H61ClN4O7/c1-25-22-32-30(26(2)24-46-20-10-7-12-29(46)17-21-45-18-8-6-9-19-45)16-15-27(3)41(32,50)37(36(25)51-28(4)47)52-38(48)34-23-40(49)31-13-11-14-33(42)35(31)44(5)53-39(40)43-34/h11,13-14,22,26-27,29-30,32,34,36-37,39,43,49-50H,6-10,12,15-21,23-24H2,1-5H3/t26?,27-,29?,30+,32-,34+,36-,37+,39-,40-,41-/m1/s1. The molecule has 2 aliphatic carbocycles. The Morgan fingerprint density at radius 3 is 2.58 bits per heavy atom. The Morgan fingerprint density at radius 2 is 1.83 bits per heavy atom. The summed E-state index contributed by atoms with van der Waals surface area (Å²) in [5.41, 5.74) is -1.15. The molecule has 0 amide bonds. The van der Waals surface area contributed by atoms with E-state index in [2.05, 4.69) is 28.1 Å². The number of fused-ring (bicyclic) bond motifs is 4. The topological polar surface area (TPSA) is 124 Å². The van der Waals surface area contributed by atoms with Gasteiger partial charge in [0.25, 0.3) is 0 Å². The second-order valence-corrected chi connectivity index (χ2v) is 17.5. The molecule has 12 heteroatoms. The first-order valence-electron chi connectivity index (χ1n) is 20.2. The Labute approximate surface area is 320 Å². The number of para-hydroxylation sites is 1. The number of ether oxygens (including phenoxy) is 2. The molecule has 3 N–H and O–H groups in total. The van der Waals surface area contributed by atoms with E-state index in [1.807, 2.05) is 13.8 Å². The van der Waals surface area contributed by atoms with Crippen LogP contribution in [0.5, 0.6) is 0 Å². The lowest BCUT2D eigenvalue weighted by Gasteiger charge is -2.56. The maximum Gasteiger partial charge on any atom is 0.323 e. The molecule has 2 unspecified atom stereocenters. The quantitative estimate of drug-likeness (QED) is 0.229. The van der Waals surface area contributed by atoms with E-state index in [4.69, 9.17) is 25.9 Å². The highest BCUT2D eigenvalue weighted by molar-refractivity contribution is 6.33. The first-order chi connectivity index (χ1) is 25.3. The monoisotopic (exact) mass is 756 g/mol. The van der Waals surface area contributed by atoms with Gasteiger partial charge in [-0.3, -0.25) is 24.8 Å². The number of carbonyl (C=O) groups is 2. The van der Waals surface area contributed by atoms with Crippen molar-refractivity contribution in [3.05, 3.63) is 40.4 Å². The number of benzene rings is 1. The van der Waals surface area contributed by atoms with Crippen LogP contribution in [0.1, 0.15) is 97.5 Å². The normalized spacial score (nSPS) is 38.3. The molecule has 7 rings (SSSR count). The molecule has 0 spiro atoms. The number of hydroxylamine groups is 1. The van der Waals surface area contributed by atoms with Crippen LogP contribution in [0.3, 0.4) is 0 Å². The van der Waals surface area contributed by atoms with Gasteiger partial charge in [-0.2, -0.15) is 0 Å². The van der Waals surface area contributed by atoms with Crippen molar-refractivity contribution >= 4 is 29.2 Å². The Kier molecular flexibility index (Phi) is 11.6. The fourth-order valence-electron chi connectivity index (χ4n) is 10.8. The summed E-state index contributed by atoms with van der Waals surface area (Å²) in [6.45, 7) is 13.3. The van der Waals surface area contributed by atoms with Crippen LogP contribution in [0.2, 0.25) is 5.02 Å². The predicted octanol–water partition coefficient (Wildman–Crippen LogP) is 5.16. The Bertz CT molecular complexity index is 1540. The number of aliphatic hydroxyl groups is 2. The minimum atomic E-state index is -1.55. The number of piperidine rings is 2. The van der Waals surface area contributed by atoms with Crippen molar-refractivity contribution in [1.29, 1.82) is 0 Å². The lowest BCUT2D eigenvalue weighted by molar-refractivity contribution is -0.225. The molecule has 6 aliphatic rings. The largest absolute Gasteiger partial charge is 0.454 e. The fourth-order valence-corrected chi connectivity index (χ4v) is 11.1. The van der Waals surface area contributed by atoms with Crippen molar-refractivity contribution in [3.63, 3.8) is 0 Å². The minimum absolute atomic E-state index is 0.0245. The van der Waals surface area contributed by atoms with E-state index in [1.54, 1.807) is 25.2 Å². The van der Waals surface area contributed by atoms with Crippen LogP contribution in [0.4, 0.5) is 5.69 Å². The number of hydrogen-bond donors (Lipinski definition) is 3. The zero-order valence-electron chi connectivity index (χ0n) is 32.3. The number of nitrogens with one attached hydrogen (secondary N) is 1. The molecule has 4 aliphatic heterocycles. The van der Waals surface area contributed by atoms with Gasteiger partial charge in [0.05, 0.1) is 10.7 Å². The molecule has 0 radical (unpaired) electrons. The first-order valence-corrected chi connectivity index (χ1v) is 20.6. The highest BCUT2D eigenvalue weighted by Gasteiger charge is 2.62. The first kappa shape index (κ1) is 39.0. The predicted molar refractivity (Wildman–Crippen MR) is 203 cm³/mol. The maximum atomic E-state index is 14.2. The van der Waals surface area contributed by atoms with Gasteiger partial charge in [-0.15, -0.1) is 0 Å². The summed E-state index contributed by atoms with van der Waals surface area (Å²) in [6, 6.07) is 4.90. The van der Waals surface area contributed by atoms with Crippen molar-refractivity contribution in [3.8, 4) is 0 Å². The number of rotatable bonds is 9. The van der Waals surface area contributed by atoms with Crippen molar-refractivity contribution in [1.82, 2.24) is 15.1 Å².